The van der Waals surface area contributed by atoms with Crippen LogP contribution in [-0.2, 0) is 4.79 Å². The Labute approximate surface area is 126 Å². The lowest BCUT2D eigenvalue weighted by molar-refractivity contribution is -0.148. The van der Waals surface area contributed by atoms with Gasteiger partial charge in [-0.25, -0.2) is 0 Å². The number of carboxylic acid groups (broad SMARTS) is 1. The van der Waals surface area contributed by atoms with Gasteiger partial charge in [-0.1, -0.05) is 25.5 Å². The molecule has 116 valence electrons. The zero-order valence-corrected chi connectivity index (χ0v) is 13.1. The van der Waals surface area contributed by atoms with Crippen LogP contribution in [0.5, 0.6) is 5.75 Å². The maximum Gasteiger partial charge on any atom is 0.310 e. The van der Waals surface area contributed by atoms with E-state index in [4.69, 9.17) is 4.74 Å². The third-order valence-electron chi connectivity index (χ3n) is 4.69. The van der Waals surface area contributed by atoms with Gasteiger partial charge < -0.3 is 9.84 Å². The van der Waals surface area contributed by atoms with Gasteiger partial charge in [-0.05, 0) is 44.0 Å². The number of aliphatic carboxylic acids is 1. The quantitative estimate of drug-likeness (QED) is 0.873. The van der Waals surface area contributed by atoms with Crippen LogP contribution in [0, 0.1) is 5.41 Å². The van der Waals surface area contributed by atoms with Gasteiger partial charge in [0.2, 0.25) is 0 Å². The summed E-state index contributed by atoms with van der Waals surface area (Å²) in [5.41, 5.74) is 0.606. The van der Waals surface area contributed by atoms with E-state index >= 15 is 0 Å². The minimum atomic E-state index is -0.648. The Morgan fingerprint density at radius 1 is 1.52 bits per heavy atom. The molecule has 0 spiro atoms. The summed E-state index contributed by atoms with van der Waals surface area (Å²) in [6.45, 7) is 5.66. The van der Waals surface area contributed by atoms with Crippen LogP contribution in [-0.4, -0.2) is 36.2 Å². The van der Waals surface area contributed by atoms with Crippen LogP contribution in [0.1, 0.15) is 44.7 Å². The van der Waals surface area contributed by atoms with Crippen molar-refractivity contribution in [1.29, 1.82) is 0 Å². The van der Waals surface area contributed by atoms with E-state index < -0.39 is 11.4 Å². The predicted octanol–water partition coefficient (Wildman–Crippen LogP) is 3.33. The number of rotatable bonds is 6. The first-order valence-corrected chi connectivity index (χ1v) is 7.64. The van der Waals surface area contributed by atoms with Crippen molar-refractivity contribution in [2.75, 3.05) is 20.2 Å². The van der Waals surface area contributed by atoms with E-state index in [1.165, 1.54) is 5.56 Å². The van der Waals surface area contributed by atoms with Gasteiger partial charge in [-0.15, -0.1) is 0 Å². The molecule has 2 rings (SSSR count). The molecule has 21 heavy (non-hydrogen) atoms. The summed E-state index contributed by atoms with van der Waals surface area (Å²) in [6.07, 6.45) is 2.40. The maximum atomic E-state index is 11.7. The molecule has 1 aromatic rings. The Morgan fingerprint density at radius 3 is 2.90 bits per heavy atom. The number of carboxylic acids is 1. The van der Waals surface area contributed by atoms with Crippen molar-refractivity contribution in [3.63, 3.8) is 0 Å². The molecular weight excluding hydrogens is 266 g/mol. The topological polar surface area (TPSA) is 49.8 Å². The van der Waals surface area contributed by atoms with Crippen LogP contribution in [0.3, 0.4) is 0 Å². The minimum absolute atomic E-state index is 0.207. The van der Waals surface area contributed by atoms with Crippen molar-refractivity contribution in [3.8, 4) is 5.75 Å². The number of benzene rings is 1. The molecular formula is C17H25NO3. The molecule has 0 amide bonds. The number of methoxy groups -OCH3 is 1. The standard InChI is InChI=1S/C17H25NO3/c1-4-8-17(16(19)20)9-10-18(12-17)13(2)14-6-5-7-15(11-14)21-3/h5-7,11,13H,4,8-10,12H2,1-3H3,(H,19,20). The third kappa shape index (κ3) is 3.21. The maximum absolute atomic E-state index is 11.7. The first-order valence-electron chi connectivity index (χ1n) is 7.64. The summed E-state index contributed by atoms with van der Waals surface area (Å²) in [5, 5.41) is 9.60. The van der Waals surface area contributed by atoms with E-state index in [9.17, 15) is 9.90 Å². The Hall–Kier alpha value is -1.55. The Morgan fingerprint density at radius 2 is 2.29 bits per heavy atom. The second-order valence-corrected chi connectivity index (χ2v) is 6.01. The molecule has 0 radical (unpaired) electrons. The predicted molar refractivity (Wildman–Crippen MR) is 82.6 cm³/mol. The fraction of sp³-hybridized carbons (Fsp3) is 0.588. The molecule has 1 aliphatic heterocycles. The van der Waals surface area contributed by atoms with Crippen LogP contribution >= 0.6 is 0 Å². The van der Waals surface area contributed by atoms with Crippen LogP contribution in [0.15, 0.2) is 24.3 Å². The molecule has 2 atom stereocenters. The van der Waals surface area contributed by atoms with Crippen molar-refractivity contribution in [2.45, 2.75) is 39.2 Å². The summed E-state index contributed by atoms with van der Waals surface area (Å²) < 4.78 is 5.27. The molecule has 1 saturated heterocycles. The molecule has 0 aliphatic carbocycles. The highest BCUT2D eigenvalue weighted by molar-refractivity contribution is 5.75. The van der Waals surface area contributed by atoms with Crippen molar-refractivity contribution in [2.24, 2.45) is 5.41 Å². The first-order chi connectivity index (χ1) is 10.0. The number of hydrogen-bond acceptors (Lipinski definition) is 3. The molecule has 1 heterocycles. The van der Waals surface area contributed by atoms with Crippen molar-refractivity contribution < 1.29 is 14.6 Å². The molecule has 1 aromatic carbocycles. The van der Waals surface area contributed by atoms with Gasteiger partial charge in [-0.3, -0.25) is 9.69 Å². The summed E-state index contributed by atoms with van der Waals surface area (Å²) >= 11 is 0. The largest absolute Gasteiger partial charge is 0.497 e. The van der Waals surface area contributed by atoms with Gasteiger partial charge in [0.05, 0.1) is 12.5 Å². The Balaban J connectivity index is 2.14. The van der Waals surface area contributed by atoms with Gasteiger partial charge in [0.1, 0.15) is 5.75 Å². The Bertz CT molecular complexity index is 503. The molecule has 1 fully saturated rings. The summed E-state index contributed by atoms with van der Waals surface area (Å²) in [4.78, 5) is 13.9. The lowest BCUT2D eigenvalue weighted by Gasteiger charge is -2.28. The highest BCUT2D eigenvalue weighted by Gasteiger charge is 2.45. The highest BCUT2D eigenvalue weighted by Crippen LogP contribution is 2.39. The molecule has 1 N–H and O–H groups in total. The minimum Gasteiger partial charge on any atom is -0.497 e. The van der Waals surface area contributed by atoms with E-state index in [1.807, 2.05) is 18.2 Å². The number of carbonyl (C=O) groups is 1. The normalized spacial score (nSPS) is 24.0. The average Bonchev–Trinajstić information content (AvgIpc) is 2.92. The Kier molecular flexibility index (Phi) is 4.88. The lowest BCUT2D eigenvalue weighted by atomic mass is 9.82. The van der Waals surface area contributed by atoms with Gasteiger partial charge in [0.15, 0.2) is 0 Å². The number of hydrogen-bond donors (Lipinski definition) is 1. The van der Waals surface area contributed by atoms with Crippen molar-refractivity contribution >= 4 is 5.97 Å². The number of likely N-dealkylation sites (tertiary alicyclic amines) is 1. The van der Waals surface area contributed by atoms with Crippen LogP contribution in [0.4, 0.5) is 0 Å². The van der Waals surface area contributed by atoms with Gasteiger partial charge in [0.25, 0.3) is 0 Å². The molecule has 0 bridgehead atoms. The van der Waals surface area contributed by atoms with Crippen LogP contribution in [0.2, 0.25) is 0 Å². The molecule has 0 saturated carbocycles. The average molecular weight is 291 g/mol. The van der Waals surface area contributed by atoms with E-state index in [0.717, 1.165) is 31.6 Å². The van der Waals surface area contributed by atoms with Gasteiger partial charge >= 0.3 is 5.97 Å². The highest BCUT2D eigenvalue weighted by atomic mass is 16.5. The van der Waals surface area contributed by atoms with Gasteiger partial charge in [-0.2, -0.15) is 0 Å². The van der Waals surface area contributed by atoms with Crippen molar-refractivity contribution in [1.82, 2.24) is 4.90 Å². The second kappa shape index (κ2) is 6.48. The van der Waals surface area contributed by atoms with E-state index in [-0.39, 0.29) is 6.04 Å². The first kappa shape index (κ1) is 15.8. The molecule has 0 aromatic heterocycles. The summed E-state index contributed by atoms with van der Waals surface area (Å²) in [7, 11) is 1.66. The molecule has 2 unspecified atom stereocenters. The smallest absolute Gasteiger partial charge is 0.310 e. The molecule has 4 nitrogen and oxygen atoms in total. The van der Waals surface area contributed by atoms with E-state index in [1.54, 1.807) is 7.11 Å². The van der Waals surface area contributed by atoms with Crippen LogP contribution in [0.25, 0.3) is 0 Å². The second-order valence-electron chi connectivity index (χ2n) is 6.01. The number of nitrogens with zero attached hydrogens (tertiary/aromatic N) is 1. The molecule has 4 heteroatoms. The summed E-state index contributed by atoms with van der Waals surface area (Å²) in [6, 6.07) is 8.23. The monoisotopic (exact) mass is 291 g/mol. The van der Waals surface area contributed by atoms with Crippen molar-refractivity contribution in [3.05, 3.63) is 29.8 Å². The van der Waals surface area contributed by atoms with Crippen LogP contribution < -0.4 is 4.74 Å². The SMILES string of the molecule is CCCC1(C(=O)O)CCN(C(C)c2cccc(OC)c2)C1. The molecule has 1 aliphatic rings. The number of ether oxygens (including phenoxy) is 1. The third-order valence-corrected chi connectivity index (χ3v) is 4.69. The zero-order chi connectivity index (χ0) is 15.5. The fourth-order valence-electron chi connectivity index (χ4n) is 3.31. The zero-order valence-electron chi connectivity index (χ0n) is 13.1. The fourth-order valence-corrected chi connectivity index (χ4v) is 3.31. The lowest BCUT2D eigenvalue weighted by Crippen LogP contribution is -2.35. The van der Waals surface area contributed by atoms with E-state index in [2.05, 4.69) is 24.8 Å². The van der Waals surface area contributed by atoms with E-state index in [0.29, 0.717) is 6.54 Å². The van der Waals surface area contributed by atoms with Gasteiger partial charge in [0, 0.05) is 12.6 Å². The summed E-state index contributed by atoms with van der Waals surface area (Å²) in [5.74, 6) is 0.196.